The average Bonchev–Trinajstić information content (AvgIpc) is 3.14. The zero-order valence-electron chi connectivity index (χ0n) is 17.4. The van der Waals surface area contributed by atoms with Gasteiger partial charge in [0.25, 0.3) is 5.91 Å². The maximum absolute atomic E-state index is 13.2. The largest absolute Gasteiger partial charge is 0.427 e. The highest BCUT2D eigenvalue weighted by molar-refractivity contribution is 5.95. The molecule has 0 radical (unpaired) electrons. The first-order valence-electron chi connectivity index (χ1n) is 10.8. The van der Waals surface area contributed by atoms with Crippen molar-refractivity contribution < 1.29 is 9.21 Å². The van der Waals surface area contributed by atoms with Gasteiger partial charge in [-0.15, -0.1) is 0 Å². The molecule has 5 heteroatoms. The van der Waals surface area contributed by atoms with Crippen LogP contribution in [0.1, 0.15) is 53.4 Å². The van der Waals surface area contributed by atoms with Crippen LogP contribution in [0.25, 0.3) is 0 Å². The molecule has 0 bridgehead atoms. The minimum atomic E-state index is -0.495. The summed E-state index contributed by atoms with van der Waals surface area (Å²) in [7, 11) is 0. The van der Waals surface area contributed by atoms with E-state index in [-0.39, 0.29) is 17.5 Å². The number of piperazine rings is 1. The molecule has 2 aliphatic rings. The zero-order chi connectivity index (χ0) is 20.4. The first-order chi connectivity index (χ1) is 14.0. The molecule has 5 nitrogen and oxygen atoms in total. The number of hydrogen-bond acceptors (Lipinski definition) is 4. The molecule has 2 fully saturated rings. The van der Waals surface area contributed by atoms with E-state index in [2.05, 4.69) is 24.0 Å². The van der Waals surface area contributed by atoms with Gasteiger partial charge in [-0.25, -0.2) is 4.79 Å². The molecule has 2 aliphatic heterocycles. The van der Waals surface area contributed by atoms with E-state index >= 15 is 0 Å². The third kappa shape index (κ3) is 4.30. The standard InChI is InChI=1S/C24H30N2O3/c1-17-14-21(12-6-10-19-8-4-3-5-9-19)29-24(28)22(17)23(27)26-16-20-11-7-13-25(20)15-18(26)2/h3-5,8-9,14,18,20H,6-7,10-13,15-16H2,1-2H3/t18-,20+/m1/s1. The molecule has 0 spiro atoms. The van der Waals surface area contributed by atoms with E-state index in [1.165, 1.54) is 12.0 Å². The van der Waals surface area contributed by atoms with Gasteiger partial charge >= 0.3 is 5.63 Å². The van der Waals surface area contributed by atoms with E-state index < -0.39 is 5.63 Å². The molecule has 154 valence electrons. The van der Waals surface area contributed by atoms with Crippen molar-refractivity contribution in [2.24, 2.45) is 0 Å². The Morgan fingerprint density at radius 1 is 1.17 bits per heavy atom. The van der Waals surface area contributed by atoms with Crippen LogP contribution < -0.4 is 5.63 Å². The third-order valence-corrected chi connectivity index (χ3v) is 6.34. The van der Waals surface area contributed by atoms with Gasteiger partial charge in [0.15, 0.2) is 0 Å². The number of aryl methyl sites for hydroxylation is 3. The Kier molecular flexibility index (Phi) is 5.86. The Morgan fingerprint density at radius 2 is 1.97 bits per heavy atom. The summed E-state index contributed by atoms with van der Waals surface area (Å²) in [6, 6.07) is 12.7. The number of fused-ring (bicyclic) bond motifs is 1. The van der Waals surface area contributed by atoms with E-state index in [1.54, 1.807) is 0 Å². The molecule has 1 aromatic heterocycles. The highest BCUT2D eigenvalue weighted by Crippen LogP contribution is 2.26. The number of carbonyl (C=O) groups is 1. The van der Waals surface area contributed by atoms with Crippen LogP contribution in [-0.4, -0.2) is 47.4 Å². The second-order valence-corrected chi connectivity index (χ2v) is 8.49. The van der Waals surface area contributed by atoms with Crippen molar-refractivity contribution in [1.82, 2.24) is 9.80 Å². The lowest BCUT2D eigenvalue weighted by molar-refractivity contribution is 0.0390. The predicted molar refractivity (Wildman–Crippen MR) is 113 cm³/mol. The molecule has 0 saturated carbocycles. The van der Waals surface area contributed by atoms with Gasteiger partial charge in [0, 0.05) is 31.6 Å². The summed E-state index contributed by atoms with van der Waals surface area (Å²) in [6.07, 6.45) is 4.85. The summed E-state index contributed by atoms with van der Waals surface area (Å²) in [5, 5.41) is 0. The lowest BCUT2D eigenvalue weighted by atomic mass is 10.0. The van der Waals surface area contributed by atoms with Crippen LogP contribution in [0.5, 0.6) is 0 Å². The molecular formula is C24H30N2O3. The second kappa shape index (κ2) is 8.54. The van der Waals surface area contributed by atoms with E-state index in [9.17, 15) is 9.59 Å². The Morgan fingerprint density at radius 3 is 2.72 bits per heavy atom. The van der Waals surface area contributed by atoms with Crippen LogP contribution in [0.15, 0.2) is 45.6 Å². The molecule has 0 aliphatic carbocycles. The summed E-state index contributed by atoms with van der Waals surface area (Å²) >= 11 is 0. The van der Waals surface area contributed by atoms with Crippen molar-refractivity contribution in [1.29, 1.82) is 0 Å². The van der Waals surface area contributed by atoms with Crippen molar-refractivity contribution >= 4 is 5.91 Å². The van der Waals surface area contributed by atoms with Crippen molar-refractivity contribution in [3.63, 3.8) is 0 Å². The SMILES string of the molecule is Cc1cc(CCCc2ccccc2)oc(=O)c1C(=O)N1C[C@@H]2CCCN2C[C@H]1C. The smallest absolute Gasteiger partial charge is 0.349 e. The molecule has 1 aromatic carbocycles. The first kappa shape index (κ1) is 19.9. The average molecular weight is 395 g/mol. The fourth-order valence-electron chi connectivity index (χ4n) is 4.78. The van der Waals surface area contributed by atoms with E-state index in [1.807, 2.05) is 36.1 Å². The molecule has 1 amide bonds. The Balaban J connectivity index is 1.45. The van der Waals surface area contributed by atoms with Crippen LogP contribution in [0.3, 0.4) is 0 Å². The van der Waals surface area contributed by atoms with Crippen LogP contribution in [0.4, 0.5) is 0 Å². The monoisotopic (exact) mass is 394 g/mol. The first-order valence-corrected chi connectivity index (χ1v) is 10.8. The molecule has 3 heterocycles. The maximum Gasteiger partial charge on any atom is 0.349 e. The van der Waals surface area contributed by atoms with Crippen molar-refractivity contribution in [3.05, 3.63) is 69.3 Å². The number of carbonyl (C=O) groups excluding carboxylic acids is 1. The van der Waals surface area contributed by atoms with Gasteiger partial charge in [0.05, 0.1) is 0 Å². The molecular weight excluding hydrogens is 364 g/mol. The van der Waals surface area contributed by atoms with Crippen molar-refractivity contribution in [3.8, 4) is 0 Å². The predicted octanol–water partition coefficient (Wildman–Crippen LogP) is 3.43. The summed E-state index contributed by atoms with van der Waals surface area (Å²) < 4.78 is 5.55. The highest BCUT2D eigenvalue weighted by atomic mass is 16.4. The molecule has 0 N–H and O–H groups in total. The molecule has 2 saturated heterocycles. The normalized spacial score (nSPS) is 21.9. The van der Waals surface area contributed by atoms with Crippen LogP contribution in [0.2, 0.25) is 0 Å². The number of benzene rings is 1. The molecule has 29 heavy (non-hydrogen) atoms. The minimum absolute atomic E-state index is 0.112. The van der Waals surface area contributed by atoms with Gasteiger partial charge in [0.1, 0.15) is 11.3 Å². The fraction of sp³-hybridized carbons (Fsp3) is 0.500. The van der Waals surface area contributed by atoms with E-state index in [0.717, 1.165) is 37.9 Å². The van der Waals surface area contributed by atoms with Gasteiger partial charge in [-0.05, 0) is 63.3 Å². The maximum atomic E-state index is 13.2. The minimum Gasteiger partial charge on any atom is -0.427 e. The lowest BCUT2D eigenvalue weighted by Crippen LogP contribution is -2.57. The summed E-state index contributed by atoms with van der Waals surface area (Å²) in [4.78, 5) is 30.2. The van der Waals surface area contributed by atoms with Crippen LogP contribution in [-0.2, 0) is 12.8 Å². The van der Waals surface area contributed by atoms with Crippen LogP contribution >= 0.6 is 0 Å². The fourth-order valence-corrected chi connectivity index (χ4v) is 4.78. The number of nitrogens with zero attached hydrogens (tertiary/aromatic N) is 2. The second-order valence-electron chi connectivity index (χ2n) is 8.49. The Hall–Kier alpha value is -2.40. The van der Waals surface area contributed by atoms with Crippen molar-refractivity contribution in [2.45, 2.75) is 58.0 Å². The zero-order valence-corrected chi connectivity index (χ0v) is 17.4. The van der Waals surface area contributed by atoms with Gasteiger partial charge < -0.3 is 9.32 Å². The van der Waals surface area contributed by atoms with Gasteiger partial charge in [-0.1, -0.05) is 30.3 Å². The van der Waals surface area contributed by atoms with Gasteiger partial charge in [-0.3, -0.25) is 9.69 Å². The quantitative estimate of drug-likeness (QED) is 0.780. The Labute approximate surface area is 172 Å². The lowest BCUT2D eigenvalue weighted by Gasteiger charge is -2.42. The molecule has 4 rings (SSSR count). The van der Waals surface area contributed by atoms with Crippen LogP contribution in [0, 0.1) is 6.92 Å². The Bertz CT molecular complexity index is 921. The third-order valence-electron chi connectivity index (χ3n) is 6.34. The van der Waals surface area contributed by atoms with E-state index in [0.29, 0.717) is 24.8 Å². The van der Waals surface area contributed by atoms with Crippen molar-refractivity contribution in [2.75, 3.05) is 19.6 Å². The van der Waals surface area contributed by atoms with E-state index in [4.69, 9.17) is 4.42 Å². The summed E-state index contributed by atoms with van der Waals surface area (Å²) in [5.41, 5.74) is 1.71. The number of hydrogen-bond donors (Lipinski definition) is 0. The molecule has 2 aromatic rings. The topological polar surface area (TPSA) is 53.8 Å². The molecule has 0 unspecified atom stereocenters. The van der Waals surface area contributed by atoms with Gasteiger partial charge in [0.2, 0.25) is 0 Å². The number of rotatable bonds is 5. The summed E-state index contributed by atoms with van der Waals surface area (Å²) in [6.45, 7) is 6.63. The molecule has 2 atom stereocenters. The van der Waals surface area contributed by atoms with Gasteiger partial charge in [-0.2, -0.15) is 0 Å². The summed E-state index contributed by atoms with van der Waals surface area (Å²) in [5.74, 6) is 0.486. The number of amides is 1. The highest BCUT2D eigenvalue weighted by Gasteiger charge is 2.37.